The lowest BCUT2D eigenvalue weighted by Crippen LogP contribution is -2.33. The van der Waals surface area contributed by atoms with Gasteiger partial charge in [0.25, 0.3) is 5.91 Å². The quantitative estimate of drug-likeness (QED) is 0.584. The molecule has 2 aromatic rings. The minimum absolute atomic E-state index is 0.0336. The maximum absolute atomic E-state index is 12.0. The van der Waals surface area contributed by atoms with Crippen molar-refractivity contribution in [1.82, 2.24) is 5.43 Å². The Hall–Kier alpha value is -2.54. The molecule has 0 aromatic heterocycles. The van der Waals surface area contributed by atoms with Crippen LogP contribution in [0.5, 0.6) is 17.2 Å². The number of benzene rings is 2. The molecule has 1 unspecified atom stereocenters. The summed E-state index contributed by atoms with van der Waals surface area (Å²) in [6, 6.07) is 12.0. The Kier molecular flexibility index (Phi) is 6.20. The number of nitrogens with zero attached hydrogens (tertiary/aromatic N) is 1. The van der Waals surface area contributed by atoms with E-state index in [1.807, 2.05) is 18.2 Å². The Bertz CT molecular complexity index is 749. The van der Waals surface area contributed by atoms with Gasteiger partial charge in [-0.05, 0) is 53.2 Å². The number of carbonyl (C=O) groups excluding carboxylic acids is 1. The number of rotatable bonds is 6. The van der Waals surface area contributed by atoms with E-state index >= 15 is 0 Å². The summed E-state index contributed by atoms with van der Waals surface area (Å²) in [5.74, 6) is 0.761. The summed E-state index contributed by atoms with van der Waals surface area (Å²) in [7, 11) is 1.52. The number of aromatic hydroxyl groups is 1. The van der Waals surface area contributed by atoms with Crippen LogP contribution in [0.1, 0.15) is 12.5 Å². The molecule has 0 aliphatic rings. The molecule has 0 radical (unpaired) electrons. The summed E-state index contributed by atoms with van der Waals surface area (Å²) in [6.45, 7) is 1.62. The van der Waals surface area contributed by atoms with Crippen molar-refractivity contribution in [1.29, 1.82) is 0 Å². The number of halogens is 1. The number of hydrogen-bond acceptors (Lipinski definition) is 5. The fraction of sp³-hybridized carbons (Fsp3) is 0.176. The summed E-state index contributed by atoms with van der Waals surface area (Å²) in [5, 5.41) is 13.6. The second-order valence-corrected chi connectivity index (χ2v) is 5.70. The van der Waals surface area contributed by atoms with E-state index in [9.17, 15) is 9.90 Å². The first kappa shape index (κ1) is 17.8. The first-order valence-corrected chi connectivity index (χ1v) is 7.91. The molecule has 2 rings (SSSR count). The van der Waals surface area contributed by atoms with Crippen molar-refractivity contribution in [2.75, 3.05) is 7.11 Å². The van der Waals surface area contributed by atoms with Crippen molar-refractivity contribution in [2.45, 2.75) is 13.0 Å². The molecule has 2 N–H and O–H groups in total. The average molecular weight is 393 g/mol. The maximum Gasteiger partial charge on any atom is 0.280 e. The van der Waals surface area contributed by atoms with E-state index in [1.54, 1.807) is 25.1 Å². The predicted octanol–water partition coefficient (Wildman–Crippen LogP) is 3.08. The van der Waals surface area contributed by atoms with Crippen LogP contribution in [0.25, 0.3) is 0 Å². The minimum atomic E-state index is -0.736. The molecule has 0 aliphatic heterocycles. The van der Waals surface area contributed by atoms with Gasteiger partial charge in [0, 0.05) is 5.56 Å². The van der Waals surface area contributed by atoms with E-state index < -0.39 is 12.0 Å². The number of methoxy groups -OCH3 is 1. The summed E-state index contributed by atoms with van der Waals surface area (Å²) in [6.07, 6.45) is 0.598. The van der Waals surface area contributed by atoms with Crippen LogP contribution in [-0.2, 0) is 4.79 Å². The third-order valence-corrected chi connectivity index (χ3v) is 3.78. The highest BCUT2D eigenvalue weighted by molar-refractivity contribution is 9.10. The Morgan fingerprint density at radius 3 is 2.79 bits per heavy atom. The lowest BCUT2D eigenvalue weighted by Gasteiger charge is -2.13. The molecule has 0 spiro atoms. The molecule has 7 heteroatoms. The fourth-order valence-corrected chi connectivity index (χ4v) is 2.18. The molecule has 0 saturated heterocycles. The predicted molar refractivity (Wildman–Crippen MR) is 94.6 cm³/mol. The van der Waals surface area contributed by atoms with Crippen LogP contribution < -0.4 is 14.9 Å². The Balaban J connectivity index is 1.96. The second kappa shape index (κ2) is 8.35. The van der Waals surface area contributed by atoms with Crippen LogP contribution >= 0.6 is 15.9 Å². The zero-order valence-electron chi connectivity index (χ0n) is 13.2. The summed E-state index contributed by atoms with van der Waals surface area (Å²) < 4.78 is 11.4. The molecule has 0 heterocycles. The molecule has 1 amide bonds. The lowest BCUT2D eigenvalue weighted by atomic mass is 10.2. The Morgan fingerprint density at radius 2 is 2.08 bits per heavy atom. The zero-order valence-corrected chi connectivity index (χ0v) is 14.8. The lowest BCUT2D eigenvalue weighted by molar-refractivity contribution is -0.127. The van der Waals surface area contributed by atoms with Gasteiger partial charge in [-0.1, -0.05) is 12.1 Å². The monoisotopic (exact) mass is 392 g/mol. The SMILES string of the molecule is COc1ccc(O)c(C=NNC(=O)C(C)Oc2ccccc2Br)c1. The van der Waals surface area contributed by atoms with E-state index in [0.717, 1.165) is 4.47 Å². The third-order valence-electron chi connectivity index (χ3n) is 3.12. The molecule has 6 nitrogen and oxygen atoms in total. The van der Waals surface area contributed by atoms with Crippen LogP contribution in [0.3, 0.4) is 0 Å². The number of hydrazone groups is 1. The molecule has 24 heavy (non-hydrogen) atoms. The van der Waals surface area contributed by atoms with Crippen LogP contribution in [-0.4, -0.2) is 30.4 Å². The summed E-state index contributed by atoms with van der Waals surface area (Å²) in [5.41, 5.74) is 2.80. The fourth-order valence-electron chi connectivity index (χ4n) is 1.80. The van der Waals surface area contributed by atoms with Gasteiger partial charge in [0.2, 0.25) is 0 Å². The van der Waals surface area contributed by atoms with Crippen LogP contribution in [0, 0.1) is 0 Å². The zero-order chi connectivity index (χ0) is 17.5. The van der Waals surface area contributed by atoms with E-state index in [0.29, 0.717) is 17.1 Å². The molecular formula is C17H17BrN2O4. The number of ether oxygens (including phenoxy) is 2. The number of para-hydroxylation sites is 1. The van der Waals surface area contributed by atoms with Crippen LogP contribution in [0.15, 0.2) is 52.0 Å². The molecule has 0 fully saturated rings. The van der Waals surface area contributed by atoms with E-state index in [-0.39, 0.29) is 5.75 Å². The molecule has 126 valence electrons. The number of phenols is 1. The first-order chi connectivity index (χ1) is 11.5. The molecular weight excluding hydrogens is 376 g/mol. The van der Waals surface area contributed by atoms with Gasteiger partial charge in [0.1, 0.15) is 17.2 Å². The van der Waals surface area contributed by atoms with Gasteiger partial charge in [-0.3, -0.25) is 4.79 Å². The van der Waals surface area contributed by atoms with Crippen molar-refractivity contribution in [3.63, 3.8) is 0 Å². The van der Waals surface area contributed by atoms with Gasteiger partial charge in [0.15, 0.2) is 6.10 Å². The normalized spacial score (nSPS) is 12.0. The number of carbonyl (C=O) groups is 1. The number of hydrogen-bond donors (Lipinski definition) is 2. The van der Waals surface area contributed by atoms with Gasteiger partial charge < -0.3 is 14.6 Å². The molecule has 0 bridgehead atoms. The van der Waals surface area contributed by atoms with Crippen molar-refractivity contribution in [3.05, 3.63) is 52.5 Å². The average Bonchev–Trinajstić information content (AvgIpc) is 2.58. The van der Waals surface area contributed by atoms with E-state index in [2.05, 4.69) is 26.5 Å². The standard InChI is InChI=1S/C17H17BrN2O4/c1-11(24-16-6-4-3-5-14(16)18)17(22)20-19-10-12-9-13(23-2)7-8-15(12)21/h3-11,21H,1-2H3,(H,20,22). The third kappa shape index (κ3) is 4.73. The first-order valence-electron chi connectivity index (χ1n) is 7.12. The number of amides is 1. The number of phenolic OH excluding ortho intramolecular Hbond substituents is 1. The topological polar surface area (TPSA) is 80.2 Å². The Labute approximate surface area is 148 Å². The smallest absolute Gasteiger partial charge is 0.280 e. The molecule has 2 aromatic carbocycles. The minimum Gasteiger partial charge on any atom is -0.507 e. The van der Waals surface area contributed by atoms with Crippen molar-refractivity contribution in [3.8, 4) is 17.2 Å². The number of nitrogens with one attached hydrogen (secondary N) is 1. The molecule has 0 aliphatic carbocycles. The summed E-state index contributed by atoms with van der Waals surface area (Å²) >= 11 is 3.35. The molecule has 0 saturated carbocycles. The van der Waals surface area contributed by atoms with Gasteiger partial charge in [-0.25, -0.2) is 5.43 Å². The van der Waals surface area contributed by atoms with Crippen molar-refractivity contribution >= 4 is 28.1 Å². The summed E-state index contributed by atoms with van der Waals surface area (Å²) in [4.78, 5) is 12.0. The Morgan fingerprint density at radius 1 is 1.33 bits per heavy atom. The second-order valence-electron chi connectivity index (χ2n) is 4.85. The van der Waals surface area contributed by atoms with Gasteiger partial charge >= 0.3 is 0 Å². The van der Waals surface area contributed by atoms with Crippen molar-refractivity contribution < 1.29 is 19.4 Å². The maximum atomic E-state index is 12.0. The van der Waals surface area contributed by atoms with Gasteiger partial charge in [-0.2, -0.15) is 5.10 Å². The van der Waals surface area contributed by atoms with Crippen LogP contribution in [0.4, 0.5) is 0 Å². The van der Waals surface area contributed by atoms with Gasteiger partial charge in [-0.15, -0.1) is 0 Å². The molecule has 1 atom stereocenters. The highest BCUT2D eigenvalue weighted by Gasteiger charge is 2.15. The van der Waals surface area contributed by atoms with Gasteiger partial charge in [0.05, 0.1) is 17.8 Å². The van der Waals surface area contributed by atoms with Crippen LogP contribution in [0.2, 0.25) is 0 Å². The highest BCUT2D eigenvalue weighted by Crippen LogP contribution is 2.25. The highest BCUT2D eigenvalue weighted by atomic mass is 79.9. The largest absolute Gasteiger partial charge is 0.507 e. The van der Waals surface area contributed by atoms with E-state index in [4.69, 9.17) is 9.47 Å². The van der Waals surface area contributed by atoms with Crippen molar-refractivity contribution in [2.24, 2.45) is 5.10 Å². The van der Waals surface area contributed by atoms with E-state index in [1.165, 1.54) is 19.4 Å².